The number of hydrogen-bond acceptors (Lipinski definition) is 2. The van der Waals surface area contributed by atoms with Gasteiger partial charge in [-0.25, -0.2) is 0 Å². The number of rotatable bonds is 11. The van der Waals surface area contributed by atoms with Crippen molar-refractivity contribution in [2.24, 2.45) is 0 Å². The summed E-state index contributed by atoms with van der Waals surface area (Å²) in [5.41, 5.74) is 1.51. The van der Waals surface area contributed by atoms with Gasteiger partial charge in [0.2, 0.25) is 0 Å². The molecule has 1 N–H and O–H groups in total. The van der Waals surface area contributed by atoms with E-state index in [-0.39, 0.29) is 0 Å². The molecule has 3 aromatic carbocycles. The number of hydrogen-bond donors (Lipinski definition) is 2. The second kappa shape index (κ2) is 14.2. The quantitative estimate of drug-likeness (QED) is 0.222. The lowest BCUT2D eigenvalue weighted by Gasteiger charge is -2.39. The topological polar surface area (TPSA) is 20.2 Å². The first-order valence-electron chi connectivity index (χ1n) is 12.3. The third-order valence-electron chi connectivity index (χ3n) is 6.20. The molecule has 0 heterocycles. The fourth-order valence-electron chi connectivity index (χ4n) is 4.29. The van der Waals surface area contributed by atoms with Gasteiger partial charge in [-0.2, -0.15) is 0 Å². The summed E-state index contributed by atoms with van der Waals surface area (Å²) in [5, 5.41) is 11.3. The zero-order valence-corrected chi connectivity index (χ0v) is 21.2. The molecule has 0 unspecified atom stereocenters. The minimum Gasteiger partial charge on any atom is -0.507 e. The Bertz CT molecular complexity index is 847. The van der Waals surface area contributed by atoms with Gasteiger partial charge in [0.15, 0.2) is 0 Å². The molecule has 32 heavy (non-hydrogen) atoms. The number of nitrogens with zero attached hydrogens (tertiary/aromatic N) is 1. The van der Waals surface area contributed by atoms with Gasteiger partial charge in [-0.3, -0.25) is 0 Å². The monoisotopic (exact) mass is 452 g/mol. The Balaban J connectivity index is 0.000000255. The smallest absolute Gasteiger partial charge is 0.123 e. The maximum atomic E-state index is 9.46. The fraction of sp³-hybridized carbons (Fsp3) is 0.448. The van der Waals surface area contributed by atoms with Gasteiger partial charge in [0.25, 0.3) is 0 Å². The van der Waals surface area contributed by atoms with Gasteiger partial charge in [0.1, 0.15) is 12.3 Å². The molecule has 0 radical (unpaired) electrons. The van der Waals surface area contributed by atoms with Crippen LogP contribution in [0.5, 0.6) is 5.75 Å². The number of unbranched alkanes of at least 4 members (excludes halogenated alkanes) is 3. The van der Waals surface area contributed by atoms with Crippen molar-refractivity contribution < 1.29 is 9.59 Å². The van der Waals surface area contributed by atoms with Crippen molar-refractivity contribution in [1.29, 1.82) is 0 Å². The molecule has 0 aliphatic carbocycles. The molecule has 174 valence electrons. The molecule has 0 saturated heterocycles. The van der Waals surface area contributed by atoms with Crippen molar-refractivity contribution in [2.45, 2.75) is 70.7 Å². The van der Waals surface area contributed by atoms with Crippen LogP contribution in [-0.2, 0) is 6.54 Å². The van der Waals surface area contributed by atoms with Gasteiger partial charge < -0.3 is 9.59 Å². The molecule has 0 atom stereocenters. The summed E-state index contributed by atoms with van der Waals surface area (Å²) in [6, 6.07) is 22.2. The van der Waals surface area contributed by atoms with E-state index in [4.69, 9.17) is 0 Å². The van der Waals surface area contributed by atoms with E-state index >= 15 is 0 Å². The number of phenols is 1. The van der Waals surface area contributed by atoms with E-state index in [2.05, 4.69) is 63.7 Å². The predicted molar refractivity (Wildman–Crippen MR) is 143 cm³/mol. The molecule has 0 aliphatic heterocycles. The van der Waals surface area contributed by atoms with E-state index in [0.29, 0.717) is 5.75 Å². The standard InChI is InChI=1S/C19H34N.C10H8OS/c1-4-7-15-20(16-8-5-2,17-9-6-3)18-19-13-11-10-12-14-19;11-9-5-6-10(12)8-4-2-1-3-7(8)9/h10-14H,4-9,15-18H2,1-3H3;1-6,11-12H/q+1;. The van der Waals surface area contributed by atoms with E-state index in [0.717, 1.165) is 15.7 Å². The van der Waals surface area contributed by atoms with E-state index < -0.39 is 0 Å². The van der Waals surface area contributed by atoms with E-state index in [1.165, 1.54) is 74.8 Å². The average molecular weight is 453 g/mol. The Kier molecular flexibility index (Phi) is 11.7. The summed E-state index contributed by atoms with van der Waals surface area (Å²) in [5.74, 6) is 0.309. The third kappa shape index (κ3) is 8.18. The highest BCUT2D eigenvalue weighted by molar-refractivity contribution is 7.80. The summed E-state index contributed by atoms with van der Waals surface area (Å²) in [4.78, 5) is 0.892. The van der Waals surface area contributed by atoms with Crippen LogP contribution in [0.1, 0.15) is 64.9 Å². The molecule has 2 nitrogen and oxygen atoms in total. The molecular formula is C29H42NOS+. The highest BCUT2D eigenvalue weighted by Gasteiger charge is 2.26. The molecule has 0 bridgehead atoms. The van der Waals surface area contributed by atoms with Crippen LogP contribution in [0.2, 0.25) is 0 Å². The summed E-state index contributed by atoms with van der Waals surface area (Å²) in [7, 11) is 0. The number of phenolic OH excluding ortho intramolecular Hbond substituents is 1. The first-order valence-corrected chi connectivity index (χ1v) is 12.8. The molecule has 0 fully saturated rings. The van der Waals surface area contributed by atoms with Gasteiger partial charge in [-0.1, -0.05) is 94.6 Å². The molecule has 3 aromatic rings. The number of benzene rings is 3. The van der Waals surface area contributed by atoms with Gasteiger partial charge in [0, 0.05) is 15.8 Å². The molecule has 0 amide bonds. The van der Waals surface area contributed by atoms with Crippen LogP contribution >= 0.6 is 12.6 Å². The first kappa shape index (κ1) is 26.3. The summed E-state index contributed by atoms with van der Waals surface area (Å²) >= 11 is 4.29. The molecule has 3 rings (SSSR count). The Morgan fingerprint density at radius 2 is 1.16 bits per heavy atom. The summed E-state index contributed by atoms with van der Waals surface area (Å²) < 4.78 is 1.31. The highest BCUT2D eigenvalue weighted by atomic mass is 32.1. The third-order valence-corrected chi connectivity index (χ3v) is 6.59. The van der Waals surface area contributed by atoms with Crippen LogP contribution in [-0.4, -0.2) is 29.2 Å². The van der Waals surface area contributed by atoms with Gasteiger partial charge >= 0.3 is 0 Å². The molecule has 0 saturated carbocycles. The number of fused-ring (bicyclic) bond motifs is 1. The number of quaternary nitrogens is 1. The SMILES string of the molecule is CCCC[N+](CCCC)(CCCC)Cc1ccccc1.Oc1ccc(S)c2ccccc12. The van der Waals surface area contributed by atoms with Crippen LogP contribution < -0.4 is 0 Å². The second-order valence-electron chi connectivity index (χ2n) is 8.87. The van der Waals surface area contributed by atoms with Crippen molar-refractivity contribution in [2.75, 3.05) is 19.6 Å². The minimum atomic E-state index is 0.309. The van der Waals surface area contributed by atoms with Crippen molar-refractivity contribution in [1.82, 2.24) is 0 Å². The molecule has 0 spiro atoms. The van der Waals surface area contributed by atoms with Crippen molar-refractivity contribution >= 4 is 23.4 Å². The summed E-state index contributed by atoms with van der Waals surface area (Å²) in [6.07, 6.45) is 8.02. The maximum absolute atomic E-state index is 9.46. The Morgan fingerprint density at radius 3 is 1.66 bits per heavy atom. The van der Waals surface area contributed by atoms with Gasteiger partial charge in [0.05, 0.1) is 19.6 Å². The normalized spacial score (nSPS) is 11.2. The Hall–Kier alpha value is -1.97. The largest absolute Gasteiger partial charge is 0.507 e. The lowest BCUT2D eigenvalue weighted by atomic mass is 10.1. The Morgan fingerprint density at radius 1 is 0.656 bits per heavy atom. The van der Waals surface area contributed by atoms with E-state index in [9.17, 15) is 5.11 Å². The zero-order chi connectivity index (χ0) is 23.2. The predicted octanol–water partition coefficient (Wildman–Crippen LogP) is 8.24. The molecule has 0 aliphatic rings. The second-order valence-corrected chi connectivity index (χ2v) is 9.35. The zero-order valence-electron chi connectivity index (χ0n) is 20.3. The highest BCUT2D eigenvalue weighted by Crippen LogP contribution is 2.28. The minimum absolute atomic E-state index is 0.309. The fourth-order valence-corrected chi connectivity index (χ4v) is 4.56. The van der Waals surface area contributed by atoms with Crippen molar-refractivity contribution in [3.8, 4) is 5.75 Å². The van der Waals surface area contributed by atoms with Crippen LogP contribution in [0.25, 0.3) is 10.8 Å². The average Bonchev–Trinajstić information content (AvgIpc) is 2.83. The number of aromatic hydroxyl groups is 1. The van der Waals surface area contributed by atoms with Crippen LogP contribution in [0.3, 0.4) is 0 Å². The summed E-state index contributed by atoms with van der Waals surface area (Å²) in [6.45, 7) is 12.2. The first-order chi connectivity index (χ1) is 15.5. The van der Waals surface area contributed by atoms with Crippen LogP contribution in [0.15, 0.2) is 71.6 Å². The number of thiol groups is 1. The van der Waals surface area contributed by atoms with Crippen LogP contribution in [0, 0.1) is 0 Å². The molecule has 3 heteroatoms. The van der Waals surface area contributed by atoms with Gasteiger partial charge in [-0.15, -0.1) is 12.6 Å². The van der Waals surface area contributed by atoms with Crippen molar-refractivity contribution in [3.05, 3.63) is 72.3 Å². The van der Waals surface area contributed by atoms with E-state index in [1.807, 2.05) is 24.3 Å². The van der Waals surface area contributed by atoms with Crippen LogP contribution in [0.4, 0.5) is 0 Å². The lowest BCUT2D eigenvalue weighted by Crippen LogP contribution is -2.49. The van der Waals surface area contributed by atoms with E-state index in [1.54, 1.807) is 12.1 Å². The maximum Gasteiger partial charge on any atom is 0.123 e. The Labute approximate surface area is 201 Å². The van der Waals surface area contributed by atoms with Gasteiger partial charge in [-0.05, 0) is 36.8 Å². The lowest BCUT2D eigenvalue weighted by molar-refractivity contribution is -0.941. The molecule has 0 aromatic heterocycles. The van der Waals surface area contributed by atoms with Crippen molar-refractivity contribution in [3.63, 3.8) is 0 Å². The molecular weight excluding hydrogens is 410 g/mol.